The van der Waals surface area contributed by atoms with Gasteiger partial charge in [0.15, 0.2) is 17.7 Å². The van der Waals surface area contributed by atoms with Gasteiger partial charge in [0.1, 0.15) is 23.9 Å². The van der Waals surface area contributed by atoms with Crippen LogP contribution in [0.3, 0.4) is 0 Å². The van der Waals surface area contributed by atoms with Crippen molar-refractivity contribution in [3.8, 4) is 17.1 Å². The van der Waals surface area contributed by atoms with Crippen LogP contribution in [0.25, 0.3) is 11.3 Å². The van der Waals surface area contributed by atoms with E-state index in [1.807, 2.05) is 69.6 Å². The summed E-state index contributed by atoms with van der Waals surface area (Å²) in [7, 11) is 5.24. The summed E-state index contributed by atoms with van der Waals surface area (Å²) in [6.07, 6.45) is 2.59. The highest BCUT2D eigenvalue weighted by atomic mass is 16.7. The van der Waals surface area contributed by atoms with Crippen molar-refractivity contribution in [1.29, 1.82) is 0 Å². The predicted octanol–water partition coefficient (Wildman–Crippen LogP) is 5.33. The van der Waals surface area contributed by atoms with Crippen LogP contribution in [0.1, 0.15) is 94.4 Å². The molecule has 1 N–H and O–H groups in total. The van der Waals surface area contributed by atoms with Gasteiger partial charge in [-0.25, -0.2) is 14.8 Å². The number of imidazole rings is 1. The molecule has 0 aliphatic carbocycles. The second-order valence-electron chi connectivity index (χ2n) is 17.9. The summed E-state index contributed by atoms with van der Waals surface area (Å²) in [5.41, 5.74) is -1.05. The summed E-state index contributed by atoms with van der Waals surface area (Å²) < 4.78 is 38.7. The van der Waals surface area contributed by atoms with Gasteiger partial charge < -0.3 is 47.9 Å². The minimum absolute atomic E-state index is 0.123. The second kappa shape index (κ2) is 20.0. The third-order valence-corrected chi connectivity index (χ3v) is 13.2. The highest BCUT2D eigenvalue weighted by Crippen LogP contribution is 2.43. The molecule has 3 aliphatic heterocycles. The Hall–Kier alpha value is -3.96. The molecule has 5 rings (SSSR count). The Balaban J connectivity index is 1.40. The number of ether oxygens (including phenoxy) is 6. The molecule has 13 atom stereocenters. The number of rotatable bonds is 13. The van der Waals surface area contributed by atoms with Gasteiger partial charge in [0.05, 0.1) is 42.5 Å². The molecule has 0 saturated carbocycles. The Morgan fingerprint density at radius 1 is 0.967 bits per heavy atom. The molecule has 3 aliphatic rings. The number of unbranched alkanes of at least 4 members (excludes halogenated alkanes) is 1. The highest BCUT2D eigenvalue weighted by Gasteiger charge is 2.60. The van der Waals surface area contributed by atoms with Gasteiger partial charge in [0.25, 0.3) is 0 Å². The average Bonchev–Trinajstić information content (AvgIpc) is 3.81. The first kappa shape index (κ1) is 48.1. The number of cyclic esters (lactones) is 1. The molecular formula is C45H69N5O11. The minimum Gasteiger partial charge on any atom is -0.478 e. The van der Waals surface area contributed by atoms with Crippen molar-refractivity contribution in [1.82, 2.24) is 24.3 Å². The molecule has 0 spiro atoms. The van der Waals surface area contributed by atoms with E-state index in [9.17, 15) is 24.3 Å². The van der Waals surface area contributed by atoms with Crippen molar-refractivity contribution in [3.05, 3.63) is 30.9 Å². The number of aromatic nitrogens is 3. The first-order chi connectivity index (χ1) is 28.8. The minimum atomic E-state index is -1.41. The number of methoxy groups -OCH3 is 1. The maximum Gasteiger partial charge on any atom is 0.410 e. The van der Waals surface area contributed by atoms with Gasteiger partial charge >= 0.3 is 12.1 Å². The van der Waals surface area contributed by atoms with Crippen molar-refractivity contribution < 1.29 is 52.7 Å². The Morgan fingerprint density at radius 3 is 2.30 bits per heavy atom. The van der Waals surface area contributed by atoms with Crippen molar-refractivity contribution in [2.75, 3.05) is 34.4 Å². The summed E-state index contributed by atoms with van der Waals surface area (Å²) in [4.78, 5) is 69.4. The standard InChI is InChI=1S/C45H69N5O11/c1-13-34-45(9)39(50(43(55)61-45)20-16-15-19-49-24-32(47-25-49)31-17-18-35(46-23-31)57-14-2)28(5)36(51)26(3)22-44(8,56-12)40(29(6)37(52)30(7)41(54)59-34)60-42-38(53)33(48(10)11)21-27(4)58-42/h17-18,23-30,33-34,38-40,42,53H,13-16,19-22H2,1-12H3/t26-,27-,28+,29+,30-,33+,34-,38-,39-,40-,42+,44+,45-/m1/s1. The fraction of sp³-hybridized carbons (Fsp3) is 0.733. The number of carbonyl (C=O) groups excluding carboxylic acids is 4. The number of Topliss-reactive ketones (excluding diaryl/α,β-unsaturated/α-hetero) is 2. The summed E-state index contributed by atoms with van der Waals surface area (Å²) in [6, 6.07) is 2.64. The number of aryl methyl sites for hydroxylation is 1. The Bertz CT molecular complexity index is 1820. The van der Waals surface area contributed by atoms with E-state index >= 15 is 0 Å². The van der Waals surface area contributed by atoms with Crippen LogP contribution in [0.4, 0.5) is 4.79 Å². The lowest BCUT2D eigenvalue weighted by atomic mass is 9.73. The second-order valence-corrected chi connectivity index (χ2v) is 17.9. The highest BCUT2D eigenvalue weighted by molar-refractivity contribution is 6.00. The fourth-order valence-corrected chi connectivity index (χ4v) is 9.68. The molecule has 1 amide bonds. The molecule has 0 bridgehead atoms. The average molecular weight is 856 g/mol. The SMILES string of the molecule is CCOc1ccc(-c2cn(CCCCN3C(=O)O[C@]4(C)[C@@H](CC)OC(=O)[C@H](C)C(=O)[C@H](C)[C@@H](O[C@@H]5O[C@H](C)C[C@H](N(C)C)[C@H]5O)[C@@](C)(OC)C[C@@H](C)C(=O)[C@H](C)[C@@H]34)cn2)cn1. The van der Waals surface area contributed by atoms with Crippen LogP contribution in [-0.2, 0) is 44.6 Å². The Morgan fingerprint density at radius 2 is 1.67 bits per heavy atom. The van der Waals surface area contributed by atoms with E-state index in [1.165, 1.54) is 14.0 Å². The summed E-state index contributed by atoms with van der Waals surface area (Å²) in [6.45, 7) is 17.3. The number of ketones is 2. The quantitative estimate of drug-likeness (QED) is 0.155. The van der Waals surface area contributed by atoms with Gasteiger partial charge in [-0.1, -0.05) is 27.7 Å². The lowest BCUT2D eigenvalue weighted by molar-refractivity contribution is -0.295. The smallest absolute Gasteiger partial charge is 0.410 e. The number of hydrogen-bond acceptors (Lipinski definition) is 14. The molecular weight excluding hydrogens is 787 g/mol. The lowest BCUT2D eigenvalue weighted by Gasteiger charge is -2.47. The molecule has 3 fully saturated rings. The molecule has 0 aromatic carbocycles. The van der Waals surface area contributed by atoms with Crippen molar-refractivity contribution in [3.63, 3.8) is 0 Å². The van der Waals surface area contributed by atoms with E-state index in [2.05, 4.69) is 9.97 Å². The monoisotopic (exact) mass is 855 g/mol. The Labute approximate surface area is 360 Å². The molecule has 0 radical (unpaired) electrons. The molecule has 61 heavy (non-hydrogen) atoms. The summed E-state index contributed by atoms with van der Waals surface area (Å²) >= 11 is 0. The number of amides is 1. The van der Waals surface area contributed by atoms with Gasteiger partial charge in [-0.15, -0.1) is 0 Å². The maximum absolute atomic E-state index is 14.8. The van der Waals surface area contributed by atoms with Crippen molar-refractivity contribution >= 4 is 23.6 Å². The molecule has 2 aromatic heterocycles. The number of esters is 1. The number of likely N-dealkylation sites (N-methyl/N-ethyl adjacent to an activating group) is 1. The number of pyridine rings is 1. The van der Waals surface area contributed by atoms with Crippen LogP contribution in [0.2, 0.25) is 0 Å². The topological polar surface area (TPSA) is 181 Å². The third-order valence-electron chi connectivity index (χ3n) is 13.2. The summed E-state index contributed by atoms with van der Waals surface area (Å²) in [5, 5.41) is 11.5. The van der Waals surface area contributed by atoms with Gasteiger partial charge in [-0.05, 0) is 86.9 Å². The van der Waals surface area contributed by atoms with Crippen molar-refractivity contribution in [2.45, 2.75) is 155 Å². The van der Waals surface area contributed by atoms with Crippen LogP contribution >= 0.6 is 0 Å². The number of fused-ring (bicyclic) bond motifs is 1. The fourth-order valence-electron chi connectivity index (χ4n) is 9.68. The largest absolute Gasteiger partial charge is 0.478 e. The van der Waals surface area contributed by atoms with E-state index in [1.54, 1.807) is 45.1 Å². The van der Waals surface area contributed by atoms with Crippen LogP contribution in [0.5, 0.6) is 5.88 Å². The van der Waals surface area contributed by atoms with Gasteiger partial charge in [0.2, 0.25) is 5.88 Å². The normalized spacial score (nSPS) is 35.4. The predicted molar refractivity (Wildman–Crippen MR) is 225 cm³/mol. The van der Waals surface area contributed by atoms with E-state index in [0.29, 0.717) is 38.3 Å². The maximum atomic E-state index is 14.8. The molecule has 16 nitrogen and oxygen atoms in total. The number of carbonyl (C=O) groups is 4. The number of hydrogen-bond donors (Lipinski definition) is 1. The molecule has 0 unspecified atom stereocenters. The van der Waals surface area contributed by atoms with Gasteiger partial charge in [0, 0.05) is 68.0 Å². The van der Waals surface area contributed by atoms with Gasteiger partial charge in [-0.3, -0.25) is 14.4 Å². The molecule has 5 heterocycles. The van der Waals surface area contributed by atoms with Crippen LogP contribution in [0, 0.1) is 23.7 Å². The van der Waals surface area contributed by atoms with Gasteiger partial charge in [-0.2, -0.15) is 0 Å². The first-order valence-electron chi connectivity index (χ1n) is 21.9. The molecule has 16 heteroatoms. The number of aliphatic hydroxyl groups is 1. The zero-order chi connectivity index (χ0) is 45.0. The number of aliphatic hydroxyl groups excluding tert-OH is 1. The van der Waals surface area contributed by atoms with Crippen LogP contribution in [-0.4, -0.2) is 141 Å². The lowest BCUT2D eigenvalue weighted by Crippen LogP contribution is -2.60. The van der Waals surface area contributed by atoms with Crippen LogP contribution < -0.4 is 4.74 Å². The van der Waals surface area contributed by atoms with Crippen molar-refractivity contribution in [2.24, 2.45) is 23.7 Å². The van der Waals surface area contributed by atoms with E-state index in [4.69, 9.17) is 28.4 Å². The zero-order valence-corrected chi connectivity index (χ0v) is 38.2. The summed E-state index contributed by atoms with van der Waals surface area (Å²) in [5.74, 6) is -4.45. The van der Waals surface area contributed by atoms with Crippen LogP contribution in [0.15, 0.2) is 30.9 Å². The Kier molecular flexibility index (Phi) is 15.8. The molecule has 340 valence electrons. The first-order valence-corrected chi connectivity index (χ1v) is 21.9. The molecule has 3 saturated heterocycles. The number of nitrogens with zero attached hydrogens (tertiary/aromatic N) is 5. The van der Waals surface area contributed by atoms with E-state index in [-0.39, 0.29) is 37.3 Å². The van der Waals surface area contributed by atoms with E-state index < -0.39 is 83.4 Å². The van der Waals surface area contributed by atoms with E-state index in [0.717, 1.165) is 11.3 Å². The zero-order valence-electron chi connectivity index (χ0n) is 38.2. The molecule has 2 aromatic rings. The third kappa shape index (κ3) is 10.3.